The summed E-state index contributed by atoms with van der Waals surface area (Å²) in [5.74, 6) is 0.0714. The fraction of sp³-hybridized carbons (Fsp3) is 0.261. The number of nitrogens with one attached hydrogen (secondary N) is 1. The molecule has 0 unspecified atom stereocenters. The minimum atomic E-state index is -4.47. The molecule has 3 heterocycles. The lowest BCUT2D eigenvalue weighted by Crippen LogP contribution is -2.42. The van der Waals surface area contributed by atoms with Gasteiger partial charge in [-0.05, 0) is 35.4 Å². The zero-order valence-corrected chi connectivity index (χ0v) is 17.3. The van der Waals surface area contributed by atoms with E-state index in [1.807, 2.05) is 24.3 Å². The number of ether oxygens (including phenoxy) is 2. The first-order chi connectivity index (χ1) is 15.8. The van der Waals surface area contributed by atoms with E-state index in [0.717, 1.165) is 22.9 Å². The molecule has 3 aromatic rings. The maximum absolute atomic E-state index is 12.6. The van der Waals surface area contributed by atoms with Crippen LogP contribution in [-0.4, -0.2) is 46.4 Å². The molecule has 0 spiro atoms. The van der Waals surface area contributed by atoms with Crippen LogP contribution in [0.25, 0.3) is 11.1 Å². The number of hydrogen-bond donors (Lipinski definition) is 2. The molecule has 0 aliphatic carbocycles. The average molecular weight is 459 g/mol. The molecule has 2 N–H and O–H groups in total. The number of halogens is 3. The van der Waals surface area contributed by atoms with Gasteiger partial charge in [0.1, 0.15) is 12.4 Å². The van der Waals surface area contributed by atoms with Gasteiger partial charge in [-0.1, -0.05) is 12.1 Å². The number of benzene rings is 1. The third-order valence-corrected chi connectivity index (χ3v) is 5.03. The summed E-state index contributed by atoms with van der Waals surface area (Å²) in [5.41, 5.74) is 3.44. The molecule has 7 nitrogen and oxygen atoms in total. The van der Waals surface area contributed by atoms with Gasteiger partial charge in [-0.15, -0.1) is 0 Å². The van der Waals surface area contributed by atoms with Gasteiger partial charge in [-0.2, -0.15) is 13.2 Å². The van der Waals surface area contributed by atoms with Crippen LogP contribution in [-0.2, 0) is 13.0 Å². The number of carbonyl (C=O) groups is 1. The van der Waals surface area contributed by atoms with Gasteiger partial charge in [0.25, 0.3) is 5.91 Å². The first-order valence-corrected chi connectivity index (χ1v) is 10.1. The summed E-state index contributed by atoms with van der Waals surface area (Å²) >= 11 is 0. The van der Waals surface area contributed by atoms with Crippen molar-refractivity contribution in [1.82, 2.24) is 15.3 Å². The van der Waals surface area contributed by atoms with E-state index < -0.39 is 18.7 Å². The van der Waals surface area contributed by atoms with E-state index in [0.29, 0.717) is 17.9 Å². The molecule has 1 aliphatic heterocycles. The number of aliphatic hydroxyl groups excluding tert-OH is 1. The number of alkyl halides is 3. The fourth-order valence-electron chi connectivity index (χ4n) is 3.53. The minimum Gasteiger partial charge on any atom is -0.491 e. The molecule has 0 saturated carbocycles. The zero-order valence-electron chi connectivity index (χ0n) is 17.3. The van der Waals surface area contributed by atoms with Gasteiger partial charge in [-0.25, -0.2) is 4.98 Å². The molecule has 1 amide bonds. The topological polar surface area (TPSA) is 93.6 Å². The van der Waals surface area contributed by atoms with Crippen molar-refractivity contribution >= 4 is 5.91 Å². The molecule has 1 aromatic carbocycles. The van der Waals surface area contributed by atoms with Gasteiger partial charge < -0.3 is 19.9 Å². The Hall–Kier alpha value is -3.66. The molecular formula is C23H20F3N3O4. The summed E-state index contributed by atoms with van der Waals surface area (Å²) in [6.45, 7) is -1.36. The van der Waals surface area contributed by atoms with E-state index in [1.54, 1.807) is 12.3 Å². The van der Waals surface area contributed by atoms with Gasteiger partial charge in [0.2, 0.25) is 5.88 Å². The molecule has 4 rings (SSSR count). The minimum absolute atomic E-state index is 0.174. The number of hydrogen-bond acceptors (Lipinski definition) is 6. The Morgan fingerprint density at radius 3 is 2.79 bits per heavy atom. The first kappa shape index (κ1) is 22.5. The number of amides is 1. The van der Waals surface area contributed by atoms with E-state index in [2.05, 4.69) is 20.0 Å². The van der Waals surface area contributed by atoms with Gasteiger partial charge >= 0.3 is 6.18 Å². The van der Waals surface area contributed by atoms with Crippen molar-refractivity contribution in [1.29, 1.82) is 0 Å². The number of aromatic nitrogens is 2. The fourth-order valence-corrected chi connectivity index (χ4v) is 3.53. The summed E-state index contributed by atoms with van der Waals surface area (Å²) in [4.78, 5) is 20.5. The monoisotopic (exact) mass is 459 g/mol. The number of rotatable bonds is 6. The van der Waals surface area contributed by atoms with Crippen LogP contribution in [0.4, 0.5) is 13.2 Å². The van der Waals surface area contributed by atoms with E-state index in [1.165, 1.54) is 12.1 Å². The van der Waals surface area contributed by atoms with Crippen molar-refractivity contribution < 1.29 is 32.5 Å². The third kappa shape index (κ3) is 5.58. The maximum Gasteiger partial charge on any atom is 0.422 e. The standard InChI is InChI=1S/C23H20F3N3O4/c24-23(25,26)13-33-21-5-4-15(10-28-21)22(31)29-17-9-19-18(2-1-3-20(19)32-12-17)14-6-7-27-16(8-14)11-30/h1-8,10,17,30H,9,11-13H2,(H,29,31)/t17-/m0/s1. The van der Waals surface area contributed by atoms with E-state index in [4.69, 9.17) is 4.74 Å². The van der Waals surface area contributed by atoms with Crippen molar-refractivity contribution in [2.75, 3.05) is 13.2 Å². The highest BCUT2D eigenvalue weighted by Gasteiger charge is 2.29. The molecule has 0 radical (unpaired) electrons. The highest BCUT2D eigenvalue weighted by atomic mass is 19.4. The van der Waals surface area contributed by atoms with Gasteiger partial charge in [0.05, 0.1) is 23.9 Å². The molecule has 10 heteroatoms. The molecule has 0 saturated heterocycles. The summed E-state index contributed by atoms with van der Waals surface area (Å²) < 4.78 is 47.2. The van der Waals surface area contributed by atoms with Crippen molar-refractivity contribution in [2.45, 2.75) is 25.2 Å². The SMILES string of the molecule is O=C(N[C@@H]1COc2cccc(-c3ccnc(CO)c3)c2C1)c1ccc(OCC(F)(F)F)nc1. The lowest BCUT2D eigenvalue weighted by molar-refractivity contribution is -0.154. The number of carbonyl (C=O) groups excluding carboxylic acids is 1. The Kier molecular flexibility index (Phi) is 6.45. The summed E-state index contributed by atoms with van der Waals surface area (Å²) in [5, 5.41) is 12.3. The largest absolute Gasteiger partial charge is 0.491 e. The molecule has 1 atom stereocenters. The predicted octanol–water partition coefficient (Wildman–Crippen LogP) is 3.31. The number of aliphatic hydroxyl groups is 1. The van der Waals surface area contributed by atoms with Crippen LogP contribution < -0.4 is 14.8 Å². The first-order valence-electron chi connectivity index (χ1n) is 10.1. The molecule has 172 valence electrons. The van der Waals surface area contributed by atoms with Crippen LogP contribution >= 0.6 is 0 Å². The van der Waals surface area contributed by atoms with Crippen LogP contribution in [0.2, 0.25) is 0 Å². The smallest absolute Gasteiger partial charge is 0.422 e. The highest BCUT2D eigenvalue weighted by molar-refractivity contribution is 5.94. The van der Waals surface area contributed by atoms with Crippen molar-refractivity contribution in [2.24, 2.45) is 0 Å². The van der Waals surface area contributed by atoms with E-state index >= 15 is 0 Å². The summed E-state index contributed by atoms with van der Waals surface area (Å²) in [6.07, 6.45) is -1.17. The Morgan fingerprint density at radius 2 is 2.06 bits per heavy atom. The summed E-state index contributed by atoms with van der Waals surface area (Å²) in [7, 11) is 0. The summed E-state index contributed by atoms with van der Waals surface area (Å²) in [6, 6.07) is 11.5. The Bertz CT molecular complexity index is 1140. The van der Waals surface area contributed by atoms with Crippen molar-refractivity contribution in [3.63, 3.8) is 0 Å². The van der Waals surface area contributed by atoms with Crippen molar-refractivity contribution in [3.05, 3.63) is 71.7 Å². The maximum atomic E-state index is 12.6. The molecule has 1 aliphatic rings. The second-order valence-corrected chi connectivity index (χ2v) is 7.45. The predicted molar refractivity (Wildman–Crippen MR) is 112 cm³/mol. The van der Waals surface area contributed by atoms with Crippen LogP contribution in [0.5, 0.6) is 11.6 Å². The lowest BCUT2D eigenvalue weighted by atomic mass is 9.93. The molecular weight excluding hydrogens is 439 g/mol. The zero-order chi connectivity index (χ0) is 23.4. The Labute approximate surface area is 187 Å². The van der Waals surface area contributed by atoms with Crippen LogP contribution in [0, 0.1) is 0 Å². The lowest BCUT2D eigenvalue weighted by Gasteiger charge is -2.28. The van der Waals surface area contributed by atoms with E-state index in [9.17, 15) is 23.1 Å². The van der Waals surface area contributed by atoms with Gasteiger partial charge in [-0.3, -0.25) is 9.78 Å². The van der Waals surface area contributed by atoms with Gasteiger partial charge in [0, 0.05) is 30.4 Å². The van der Waals surface area contributed by atoms with Crippen LogP contribution in [0.1, 0.15) is 21.6 Å². The van der Waals surface area contributed by atoms with E-state index in [-0.39, 0.29) is 30.7 Å². The number of nitrogens with zero attached hydrogens (tertiary/aromatic N) is 2. The second-order valence-electron chi connectivity index (χ2n) is 7.45. The number of pyridine rings is 2. The Balaban J connectivity index is 1.45. The highest BCUT2D eigenvalue weighted by Crippen LogP contribution is 2.34. The second kappa shape index (κ2) is 9.45. The quantitative estimate of drug-likeness (QED) is 0.588. The van der Waals surface area contributed by atoms with Crippen LogP contribution in [0.3, 0.4) is 0 Å². The average Bonchev–Trinajstić information content (AvgIpc) is 2.82. The third-order valence-electron chi connectivity index (χ3n) is 5.03. The molecule has 0 fully saturated rings. The normalized spacial score (nSPS) is 15.3. The number of fused-ring (bicyclic) bond motifs is 1. The molecule has 33 heavy (non-hydrogen) atoms. The van der Waals surface area contributed by atoms with Crippen LogP contribution in [0.15, 0.2) is 54.9 Å². The van der Waals surface area contributed by atoms with Crippen molar-refractivity contribution in [3.8, 4) is 22.8 Å². The molecule has 2 aromatic heterocycles. The Morgan fingerprint density at radius 1 is 1.21 bits per heavy atom. The van der Waals surface area contributed by atoms with Gasteiger partial charge in [0.15, 0.2) is 6.61 Å². The molecule has 0 bridgehead atoms.